The van der Waals surface area contributed by atoms with Crippen LogP contribution in [0.3, 0.4) is 0 Å². The molecule has 21 heteroatoms. The van der Waals surface area contributed by atoms with Crippen LogP contribution in [0, 0.1) is 0 Å². The molecule has 0 aliphatic carbocycles. The van der Waals surface area contributed by atoms with Crippen molar-refractivity contribution in [1.82, 2.24) is 4.72 Å². The van der Waals surface area contributed by atoms with Gasteiger partial charge in [-0.15, -0.1) is 6.58 Å². The van der Waals surface area contributed by atoms with Crippen LogP contribution in [0.2, 0.25) is 0 Å². The molecule has 0 atom stereocenters. The molecule has 0 aromatic heterocycles. The lowest BCUT2D eigenvalue weighted by Crippen LogP contribution is -2.75. The van der Waals surface area contributed by atoms with Crippen LogP contribution in [0.15, 0.2) is 12.7 Å². The van der Waals surface area contributed by atoms with Crippen molar-refractivity contribution in [3.05, 3.63) is 12.7 Å². The zero-order chi connectivity index (χ0) is 26.6. The topological polar surface area (TPSA) is 46.2 Å². The molecule has 0 aromatic carbocycles. The van der Waals surface area contributed by atoms with Crippen LogP contribution in [-0.2, 0) is 10.0 Å². The standard InChI is InChI=1S/C11H6F17NO2S/c1-2-3-29-32(30,31)11(27,28)9(22,23)7(18,19)5(14,15)4(12,13)6(16,17)8(20,21)10(24,25)26/h2,29H,1,3H2. The molecule has 0 bridgehead atoms. The lowest BCUT2D eigenvalue weighted by atomic mass is 9.91. The van der Waals surface area contributed by atoms with E-state index in [1.807, 2.05) is 0 Å². The minimum absolute atomic E-state index is 0.270. The minimum atomic E-state index is -8.83. The Kier molecular flexibility index (Phi) is 7.38. The van der Waals surface area contributed by atoms with Crippen molar-refractivity contribution in [3.63, 3.8) is 0 Å². The minimum Gasteiger partial charge on any atom is -0.206 e. The summed E-state index contributed by atoms with van der Waals surface area (Å²) < 4.78 is 243. The second kappa shape index (κ2) is 7.76. The summed E-state index contributed by atoms with van der Waals surface area (Å²) in [6.45, 7) is 1.13. The first-order valence-corrected chi connectivity index (χ1v) is 8.36. The number of rotatable bonds is 10. The highest BCUT2D eigenvalue weighted by atomic mass is 32.2. The Bertz CT molecular complexity index is 813. The van der Waals surface area contributed by atoms with E-state index < -0.39 is 63.5 Å². The van der Waals surface area contributed by atoms with Gasteiger partial charge in [-0.2, -0.15) is 74.6 Å². The summed E-state index contributed by atoms with van der Waals surface area (Å²) in [5, 5.41) is -7.55. The fourth-order valence-corrected chi connectivity index (χ4v) is 2.56. The lowest BCUT2D eigenvalue weighted by Gasteiger charge is -2.42. The molecule has 32 heavy (non-hydrogen) atoms. The van der Waals surface area contributed by atoms with Crippen LogP contribution in [0.1, 0.15) is 0 Å². The Morgan fingerprint density at radius 3 is 1.12 bits per heavy atom. The summed E-state index contributed by atoms with van der Waals surface area (Å²) in [6.07, 6.45) is -7.60. The zero-order valence-electron chi connectivity index (χ0n) is 14.1. The summed E-state index contributed by atoms with van der Waals surface area (Å²) in [7, 11) is -7.23. The van der Waals surface area contributed by atoms with Crippen LogP contribution < -0.4 is 4.72 Å². The van der Waals surface area contributed by atoms with Gasteiger partial charge in [-0.25, -0.2) is 13.1 Å². The van der Waals surface area contributed by atoms with Gasteiger partial charge in [0.25, 0.3) is 10.0 Å². The number of halogens is 17. The Labute approximate surface area is 165 Å². The van der Waals surface area contributed by atoms with Gasteiger partial charge in [-0.3, -0.25) is 0 Å². The second-order valence-electron chi connectivity index (χ2n) is 5.60. The summed E-state index contributed by atoms with van der Waals surface area (Å²) in [4.78, 5) is 0. The largest absolute Gasteiger partial charge is 0.460 e. The third kappa shape index (κ3) is 3.77. The fraction of sp³-hybridized carbons (Fsp3) is 0.818. The van der Waals surface area contributed by atoms with Crippen molar-refractivity contribution in [3.8, 4) is 0 Å². The normalized spacial score (nSPS) is 16.3. The molecule has 0 unspecified atom stereocenters. The van der Waals surface area contributed by atoms with Gasteiger partial charge < -0.3 is 0 Å². The molecule has 0 rings (SSSR count). The molecule has 0 fully saturated rings. The first-order valence-electron chi connectivity index (χ1n) is 6.87. The van der Waals surface area contributed by atoms with Gasteiger partial charge in [0.05, 0.1) is 0 Å². The molecule has 0 heterocycles. The molecular formula is C11H6F17NO2S. The van der Waals surface area contributed by atoms with E-state index >= 15 is 0 Å². The Morgan fingerprint density at radius 1 is 0.562 bits per heavy atom. The molecule has 0 amide bonds. The molecule has 0 saturated carbocycles. The summed E-state index contributed by atoms with van der Waals surface area (Å²) in [5.74, 6) is -51.6. The maximum Gasteiger partial charge on any atom is 0.460 e. The number of hydrogen-bond donors (Lipinski definition) is 1. The molecular weight excluding hydrogens is 533 g/mol. The molecule has 0 aliphatic heterocycles. The van der Waals surface area contributed by atoms with Crippen molar-refractivity contribution in [2.24, 2.45) is 0 Å². The van der Waals surface area contributed by atoms with Gasteiger partial charge in [0.15, 0.2) is 0 Å². The number of hydrogen-bond acceptors (Lipinski definition) is 2. The van der Waals surface area contributed by atoms with Crippen molar-refractivity contribution >= 4 is 10.0 Å². The van der Waals surface area contributed by atoms with E-state index in [1.54, 1.807) is 0 Å². The second-order valence-corrected chi connectivity index (χ2v) is 7.41. The van der Waals surface area contributed by atoms with Crippen molar-refractivity contribution in [1.29, 1.82) is 0 Å². The van der Waals surface area contributed by atoms with Gasteiger partial charge in [0.1, 0.15) is 0 Å². The average molecular weight is 539 g/mol. The van der Waals surface area contributed by atoms with E-state index in [0.29, 0.717) is 4.72 Å². The molecule has 0 saturated heterocycles. The third-order valence-electron chi connectivity index (χ3n) is 3.45. The Balaban J connectivity index is 6.88. The first-order chi connectivity index (χ1) is 13.6. The van der Waals surface area contributed by atoms with Crippen LogP contribution in [0.25, 0.3) is 0 Å². The molecule has 0 radical (unpaired) electrons. The summed E-state index contributed by atoms with van der Waals surface area (Å²) in [5.41, 5.74) is 0. The maximum atomic E-state index is 13.4. The van der Waals surface area contributed by atoms with Gasteiger partial charge >= 0.3 is 47.0 Å². The molecule has 0 aliphatic rings. The van der Waals surface area contributed by atoms with E-state index in [9.17, 15) is 83.1 Å². The highest BCUT2D eigenvalue weighted by Gasteiger charge is 2.96. The predicted molar refractivity (Wildman–Crippen MR) is 67.8 cm³/mol. The summed E-state index contributed by atoms with van der Waals surface area (Å²) >= 11 is 0. The third-order valence-corrected chi connectivity index (χ3v) is 4.93. The van der Waals surface area contributed by atoms with Crippen LogP contribution in [-0.4, -0.2) is 61.9 Å². The van der Waals surface area contributed by atoms with Crippen LogP contribution in [0.5, 0.6) is 0 Å². The molecule has 0 spiro atoms. The quantitative estimate of drug-likeness (QED) is 0.312. The smallest absolute Gasteiger partial charge is 0.206 e. The lowest BCUT2D eigenvalue weighted by molar-refractivity contribution is -0.458. The number of sulfonamides is 1. The van der Waals surface area contributed by atoms with Crippen LogP contribution in [0.4, 0.5) is 74.6 Å². The monoisotopic (exact) mass is 539 g/mol. The predicted octanol–water partition coefficient (Wildman–Crippen LogP) is 5.06. The SMILES string of the molecule is C=CCNS(=O)(=O)C(F)(F)C(F)(F)C(F)(F)C(F)(F)C(F)(F)C(F)(F)C(F)(F)C(F)(F)F. The average Bonchev–Trinajstić information content (AvgIpc) is 2.57. The van der Waals surface area contributed by atoms with E-state index in [1.165, 1.54) is 0 Å². The van der Waals surface area contributed by atoms with E-state index in [4.69, 9.17) is 0 Å². The fourth-order valence-electron chi connectivity index (χ4n) is 1.58. The molecule has 192 valence electrons. The highest BCUT2D eigenvalue weighted by Crippen LogP contribution is 2.64. The zero-order valence-corrected chi connectivity index (χ0v) is 15.0. The van der Waals surface area contributed by atoms with Crippen molar-refractivity contribution in [2.45, 2.75) is 47.0 Å². The highest BCUT2D eigenvalue weighted by molar-refractivity contribution is 7.90. The van der Waals surface area contributed by atoms with Gasteiger partial charge in [0.2, 0.25) is 0 Å². The molecule has 3 nitrogen and oxygen atoms in total. The van der Waals surface area contributed by atoms with Crippen molar-refractivity contribution < 1.29 is 83.1 Å². The van der Waals surface area contributed by atoms with Gasteiger partial charge in [0, 0.05) is 6.54 Å². The summed E-state index contributed by atoms with van der Waals surface area (Å²) in [6, 6.07) is 0. The molecule has 0 aromatic rings. The number of nitrogens with one attached hydrogen (secondary N) is 1. The van der Waals surface area contributed by atoms with E-state index in [0.717, 1.165) is 0 Å². The maximum absolute atomic E-state index is 13.4. The Morgan fingerprint density at radius 2 is 0.844 bits per heavy atom. The Hall–Kier alpha value is -1.54. The van der Waals surface area contributed by atoms with Gasteiger partial charge in [-0.1, -0.05) is 6.08 Å². The molecule has 1 N–H and O–H groups in total. The van der Waals surface area contributed by atoms with Crippen LogP contribution >= 0.6 is 0 Å². The van der Waals surface area contributed by atoms with Gasteiger partial charge in [-0.05, 0) is 0 Å². The van der Waals surface area contributed by atoms with Crippen molar-refractivity contribution in [2.75, 3.05) is 6.54 Å². The van der Waals surface area contributed by atoms with E-state index in [-0.39, 0.29) is 6.08 Å². The van der Waals surface area contributed by atoms with E-state index in [2.05, 4.69) is 6.58 Å². The first kappa shape index (κ1) is 30.5. The number of alkyl halides is 17.